The molecule has 27 heavy (non-hydrogen) atoms. The number of unbranched alkanes of at least 4 members (excludes halogenated alkanes) is 1. The number of carbonyl (C=O) groups is 2. The third-order valence-corrected chi connectivity index (χ3v) is 6.06. The molecule has 1 aromatic rings. The molecule has 5 nitrogen and oxygen atoms in total. The lowest BCUT2D eigenvalue weighted by atomic mass is 9.56. The molecule has 5 heteroatoms. The maximum absolute atomic E-state index is 12.6. The lowest BCUT2D eigenvalue weighted by Crippen LogP contribution is -2.53. The van der Waals surface area contributed by atoms with E-state index < -0.39 is 11.9 Å². The van der Waals surface area contributed by atoms with Gasteiger partial charge in [-0.15, -0.1) is 0 Å². The second kappa shape index (κ2) is 8.67. The van der Waals surface area contributed by atoms with E-state index in [9.17, 15) is 14.9 Å². The zero-order chi connectivity index (χ0) is 19.3. The molecule has 1 aliphatic carbocycles. The van der Waals surface area contributed by atoms with Gasteiger partial charge in [0.25, 0.3) is 0 Å². The minimum absolute atomic E-state index is 0.192. The molecule has 3 rings (SSSR count). The summed E-state index contributed by atoms with van der Waals surface area (Å²) in [4.78, 5) is 24.6. The second-order valence-electron chi connectivity index (χ2n) is 8.00. The number of Topliss-reactive ketones (excluding diaryl/α,β-unsaturated/α-hetero) is 1. The van der Waals surface area contributed by atoms with Gasteiger partial charge in [0.1, 0.15) is 11.7 Å². The van der Waals surface area contributed by atoms with Crippen LogP contribution in [0.15, 0.2) is 30.3 Å². The lowest BCUT2D eigenvalue weighted by molar-refractivity contribution is -0.174. The summed E-state index contributed by atoms with van der Waals surface area (Å²) in [5.74, 6) is -1.55. The van der Waals surface area contributed by atoms with Crippen LogP contribution in [0.5, 0.6) is 0 Å². The molecular formula is C22H27NO4. The minimum Gasteiger partial charge on any atom is -0.464 e. The summed E-state index contributed by atoms with van der Waals surface area (Å²) in [6.45, 7) is 3.60. The number of carbonyl (C=O) groups excluding carboxylic acids is 2. The number of ketones is 1. The molecule has 144 valence electrons. The number of esters is 1. The van der Waals surface area contributed by atoms with E-state index in [0.717, 1.165) is 18.4 Å². The van der Waals surface area contributed by atoms with Crippen molar-refractivity contribution in [3.05, 3.63) is 35.9 Å². The van der Waals surface area contributed by atoms with Gasteiger partial charge in [0.2, 0.25) is 0 Å². The summed E-state index contributed by atoms with van der Waals surface area (Å²) in [7, 11) is 0. The molecule has 0 radical (unpaired) electrons. The van der Waals surface area contributed by atoms with Crippen LogP contribution >= 0.6 is 0 Å². The van der Waals surface area contributed by atoms with Crippen molar-refractivity contribution in [2.75, 3.05) is 13.2 Å². The summed E-state index contributed by atoms with van der Waals surface area (Å²) >= 11 is 0. The standard InChI is InChI=1S/C22H27NO4/c1-22-11-10-19(24)17(20(22)18(13-23)21(25)27-15-22)9-5-6-12-26-14-16-7-3-2-4-8-16/h2-4,7-8,17-18,20H,5-6,9-12,14-15H2,1H3/t17?,18-,20+,22-/m0/s1. The zero-order valence-electron chi connectivity index (χ0n) is 15.9. The van der Waals surface area contributed by atoms with Gasteiger partial charge in [-0.3, -0.25) is 9.59 Å². The van der Waals surface area contributed by atoms with Gasteiger partial charge in [0, 0.05) is 30.3 Å². The average Bonchev–Trinajstić information content (AvgIpc) is 2.68. The molecule has 0 bridgehead atoms. The number of hydrogen-bond donors (Lipinski definition) is 0. The number of rotatable bonds is 7. The molecule has 1 aliphatic heterocycles. The normalized spacial score (nSPS) is 30.3. The molecule has 0 N–H and O–H groups in total. The van der Waals surface area contributed by atoms with Crippen molar-refractivity contribution >= 4 is 11.8 Å². The molecular weight excluding hydrogens is 342 g/mol. The van der Waals surface area contributed by atoms with Gasteiger partial charge >= 0.3 is 5.97 Å². The highest BCUT2D eigenvalue weighted by atomic mass is 16.5. The van der Waals surface area contributed by atoms with E-state index in [1.807, 2.05) is 30.3 Å². The van der Waals surface area contributed by atoms with Crippen molar-refractivity contribution in [3.8, 4) is 6.07 Å². The van der Waals surface area contributed by atoms with Crippen LogP contribution in [0.3, 0.4) is 0 Å². The molecule has 2 fully saturated rings. The van der Waals surface area contributed by atoms with Crippen molar-refractivity contribution < 1.29 is 19.1 Å². The van der Waals surface area contributed by atoms with Crippen LogP contribution in [0, 0.1) is 34.5 Å². The third-order valence-electron chi connectivity index (χ3n) is 6.06. The van der Waals surface area contributed by atoms with Crippen LogP contribution in [-0.2, 0) is 25.7 Å². The minimum atomic E-state index is -0.827. The Kier molecular flexibility index (Phi) is 6.28. The summed E-state index contributed by atoms with van der Waals surface area (Å²) in [5.41, 5.74) is 0.879. The molecule has 0 aromatic heterocycles. The fourth-order valence-electron chi connectivity index (χ4n) is 4.53. The quantitative estimate of drug-likeness (QED) is 0.541. The number of nitrogens with zero attached hydrogens (tertiary/aromatic N) is 1. The van der Waals surface area contributed by atoms with Crippen LogP contribution in [-0.4, -0.2) is 25.0 Å². The molecule has 1 saturated heterocycles. The number of fused-ring (bicyclic) bond motifs is 1. The molecule has 4 atom stereocenters. The first-order valence-electron chi connectivity index (χ1n) is 9.76. The lowest BCUT2D eigenvalue weighted by Gasteiger charge is -2.49. The van der Waals surface area contributed by atoms with Crippen molar-refractivity contribution in [2.24, 2.45) is 23.2 Å². The largest absolute Gasteiger partial charge is 0.464 e. The van der Waals surface area contributed by atoms with E-state index in [1.165, 1.54) is 0 Å². The fourth-order valence-corrected chi connectivity index (χ4v) is 4.53. The maximum atomic E-state index is 12.6. The third kappa shape index (κ3) is 4.39. The molecule has 1 unspecified atom stereocenters. The fraction of sp³-hybridized carbons (Fsp3) is 0.591. The van der Waals surface area contributed by atoms with Gasteiger partial charge in [0.05, 0.1) is 19.3 Å². The van der Waals surface area contributed by atoms with Crippen LogP contribution < -0.4 is 0 Å². The highest BCUT2D eigenvalue weighted by molar-refractivity contribution is 5.85. The number of benzene rings is 1. The highest BCUT2D eigenvalue weighted by Crippen LogP contribution is 2.50. The number of nitriles is 1. The molecule has 0 amide bonds. The number of cyclic esters (lactones) is 1. The number of ether oxygens (including phenoxy) is 2. The van der Waals surface area contributed by atoms with E-state index in [4.69, 9.17) is 9.47 Å². The van der Waals surface area contributed by atoms with Gasteiger partial charge < -0.3 is 9.47 Å². The maximum Gasteiger partial charge on any atom is 0.323 e. The second-order valence-corrected chi connectivity index (χ2v) is 8.00. The summed E-state index contributed by atoms with van der Waals surface area (Å²) in [5, 5.41) is 9.49. The highest BCUT2D eigenvalue weighted by Gasteiger charge is 2.55. The van der Waals surface area contributed by atoms with E-state index in [-0.39, 0.29) is 23.0 Å². The van der Waals surface area contributed by atoms with Gasteiger partial charge in [-0.25, -0.2) is 0 Å². The first-order chi connectivity index (χ1) is 13.0. The van der Waals surface area contributed by atoms with Crippen molar-refractivity contribution in [2.45, 2.75) is 45.6 Å². The Labute approximate surface area is 160 Å². The predicted molar refractivity (Wildman–Crippen MR) is 99.3 cm³/mol. The van der Waals surface area contributed by atoms with Crippen LogP contribution in [0.4, 0.5) is 0 Å². The molecule has 0 spiro atoms. The predicted octanol–water partition coefficient (Wildman–Crippen LogP) is 3.67. The molecule has 1 aromatic carbocycles. The van der Waals surface area contributed by atoms with Crippen LogP contribution in [0.25, 0.3) is 0 Å². The van der Waals surface area contributed by atoms with E-state index in [1.54, 1.807) is 0 Å². The zero-order valence-corrected chi connectivity index (χ0v) is 15.9. The van der Waals surface area contributed by atoms with Gasteiger partial charge in [-0.2, -0.15) is 5.26 Å². The van der Waals surface area contributed by atoms with Gasteiger partial charge in [0.15, 0.2) is 0 Å². The van der Waals surface area contributed by atoms with Crippen molar-refractivity contribution in [1.29, 1.82) is 5.26 Å². The first kappa shape index (κ1) is 19.6. The van der Waals surface area contributed by atoms with Gasteiger partial charge in [-0.1, -0.05) is 43.7 Å². The monoisotopic (exact) mass is 369 g/mol. The summed E-state index contributed by atoms with van der Waals surface area (Å²) < 4.78 is 11.0. The Hall–Kier alpha value is -2.19. The average molecular weight is 369 g/mol. The SMILES string of the molecule is C[C@@]12CCC(=O)C(CCCCOCc3ccccc3)[C@@H]1[C@H](C#N)C(=O)OC2. The summed E-state index contributed by atoms with van der Waals surface area (Å²) in [6, 6.07) is 12.1. The Bertz CT molecular complexity index is 707. The molecule has 1 saturated carbocycles. The van der Waals surface area contributed by atoms with Crippen LogP contribution in [0.1, 0.15) is 44.6 Å². The Morgan fingerprint density at radius 2 is 2.04 bits per heavy atom. The van der Waals surface area contributed by atoms with E-state index in [2.05, 4.69) is 13.0 Å². The molecule has 1 heterocycles. The van der Waals surface area contributed by atoms with Crippen LogP contribution in [0.2, 0.25) is 0 Å². The smallest absolute Gasteiger partial charge is 0.323 e. The van der Waals surface area contributed by atoms with Crippen molar-refractivity contribution in [3.63, 3.8) is 0 Å². The molecule has 2 aliphatic rings. The Morgan fingerprint density at radius 3 is 2.78 bits per heavy atom. The van der Waals surface area contributed by atoms with E-state index in [0.29, 0.717) is 39.1 Å². The first-order valence-corrected chi connectivity index (χ1v) is 9.76. The van der Waals surface area contributed by atoms with Gasteiger partial charge in [-0.05, 0) is 24.8 Å². The summed E-state index contributed by atoms with van der Waals surface area (Å²) in [6.07, 6.45) is 3.63. The Balaban J connectivity index is 1.52. The Morgan fingerprint density at radius 1 is 1.26 bits per heavy atom. The van der Waals surface area contributed by atoms with Crippen molar-refractivity contribution in [1.82, 2.24) is 0 Å². The topological polar surface area (TPSA) is 76.4 Å². The van der Waals surface area contributed by atoms with E-state index >= 15 is 0 Å². The number of hydrogen-bond acceptors (Lipinski definition) is 5.